The topological polar surface area (TPSA) is 64.6 Å². The highest BCUT2D eigenvalue weighted by Crippen LogP contribution is 2.06. The van der Waals surface area contributed by atoms with Gasteiger partial charge in [-0.2, -0.15) is 0 Å². The lowest BCUT2D eigenvalue weighted by Crippen LogP contribution is -2.36. The molecule has 0 bridgehead atoms. The molecule has 0 fully saturated rings. The Balaban J connectivity index is 3.97. The minimum absolute atomic E-state index is 0.665. The van der Waals surface area contributed by atoms with Crippen LogP contribution in [0.3, 0.4) is 0 Å². The molecular formula is C7H13NO4. The highest BCUT2D eigenvalue weighted by atomic mass is 16.6. The maximum atomic E-state index is 10.8. The van der Waals surface area contributed by atoms with Gasteiger partial charge in [0.15, 0.2) is 0 Å². The third kappa shape index (κ3) is 4.68. The van der Waals surface area contributed by atoms with E-state index < -0.39 is 17.5 Å². The number of carbonyl (C=O) groups is 2. The van der Waals surface area contributed by atoms with Gasteiger partial charge in [0.05, 0.1) is 7.11 Å². The van der Waals surface area contributed by atoms with E-state index in [2.05, 4.69) is 4.84 Å². The Hall–Kier alpha value is -1.10. The van der Waals surface area contributed by atoms with Crippen LogP contribution in [-0.2, 0) is 19.2 Å². The maximum Gasteiger partial charge on any atom is 0.399 e. The first kappa shape index (κ1) is 10.9. The molecule has 70 valence electrons. The van der Waals surface area contributed by atoms with Gasteiger partial charge >= 0.3 is 11.9 Å². The van der Waals surface area contributed by atoms with Crippen molar-refractivity contribution in [2.75, 3.05) is 7.11 Å². The van der Waals surface area contributed by atoms with Crippen molar-refractivity contribution in [2.45, 2.75) is 26.4 Å². The van der Waals surface area contributed by atoms with Crippen LogP contribution < -0.4 is 5.48 Å². The van der Waals surface area contributed by atoms with E-state index >= 15 is 0 Å². The van der Waals surface area contributed by atoms with Crippen LogP contribution in [0.1, 0.15) is 20.8 Å². The van der Waals surface area contributed by atoms with Crippen LogP contribution in [0.15, 0.2) is 0 Å². The molecule has 0 heterocycles. The van der Waals surface area contributed by atoms with Crippen LogP contribution >= 0.6 is 0 Å². The van der Waals surface area contributed by atoms with Gasteiger partial charge in [-0.1, -0.05) is 0 Å². The molecule has 0 radical (unpaired) electrons. The third-order valence-electron chi connectivity index (χ3n) is 0.779. The molecule has 12 heavy (non-hydrogen) atoms. The Morgan fingerprint density at radius 1 is 1.25 bits per heavy atom. The van der Waals surface area contributed by atoms with Crippen molar-refractivity contribution in [1.29, 1.82) is 0 Å². The Morgan fingerprint density at radius 2 is 1.75 bits per heavy atom. The smallest absolute Gasteiger partial charge is 0.399 e. The number of carbonyl (C=O) groups excluding carboxylic acids is 2. The molecule has 0 spiro atoms. The van der Waals surface area contributed by atoms with Crippen molar-refractivity contribution in [3.8, 4) is 0 Å². The summed E-state index contributed by atoms with van der Waals surface area (Å²) in [4.78, 5) is 25.8. The number of hydrogen-bond acceptors (Lipinski definition) is 4. The van der Waals surface area contributed by atoms with Gasteiger partial charge in [0, 0.05) is 0 Å². The van der Waals surface area contributed by atoms with Gasteiger partial charge in [-0.15, -0.1) is 0 Å². The lowest BCUT2D eigenvalue weighted by Gasteiger charge is -2.18. The third-order valence-corrected chi connectivity index (χ3v) is 0.779. The molecular weight excluding hydrogens is 162 g/mol. The highest BCUT2D eigenvalue weighted by Gasteiger charge is 2.22. The molecule has 0 rings (SSSR count). The summed E-state index contributed by atoms with van der Waals surface area (Å²) in [6, 6.07) is 0. The van der Waals surface area contributed by atoms with Gasteiger partial charge in [-0.25, -0.2) is 10.3 Å². The zero-order chi connectivity index (χ0) is 9.78. The molecule has 1 amide bonds. The Bertz CT molecular complexity index is 182. The number of amides is 1. The first-order valence-electron chi connectivity index (χ1n) is 3.43. The normalized spacial score (nSPS) is 10.7. The summed E-state index contributed by atoms with van der Waals surface area (Å²) >= 11 is 0. The molecule has 0 saturated carbocycles. The average molecular weight is 175 g/mol. The second kappa shape index (κ2) is 4.06. The second-order valence-electron chi connectivity index (χ2n) is 3.14. The van der Waals surface area contributed by atoms with Crippen molar-refractivity contribution in [1.82, 2.24) is 5.48 Å². The van der Waals surface area contributed by atoms with Crippen molar-refractivity contribution < 1.29 is 19.2 Å². The maximum absolute atomic E-state index is 10.8. The number of rotatable bonds is 1. The van der Waals surface area contributed by atoms with E-state index in [-0.39, 0.29) is 0 Å². The van der Waals surface area contributed by atoms with Crippen LogP contribution in [0.4, 0.5) is 0 Å². The number of hydroxylamine groups is 1. The second-order valence-corrected chi connectivity index (χ2v) is 3.14. The highest BCUT2D eigenvalue weighted by molar-refractivity contribution is 6.32. The molecule has 0 aliphatic carbocycles. The fourth-order valence-electron chi connectivity index (χ4n) is 0.459. The molecule has 5 heteroatoms. The number of nitrogens with one attached hydrogen (secondary N) is 1. The minimum atomic E-state index is -0.954. The van der Waals surface area contributed by atoms with E-state index in [1.165, 1.54) is 7.11 Å². The van der Waals surface area contributed by atoms with Gasteiger partial charge in [0.25, 0.3) is 0 Å². The summed E-state index contributed by atoms with van der Waals surface area (Å²) in [5.74, 6) is -1.86. The fourth-order valence-corrected chi connectivity index (χ4v) is 0.459. The average Bonchev–Trinajstić information content (AvgIpc) is 1.84. The van der Waals surface area contributed by atoms with Crippen molar-refractivity contribution in [3.63, 3.8) is 0 Å². The van der Waals surface area contributed by atoms with Crippen LogP contribution in [-0.4, -0.2) is 24.6 Å². The summed E-state index contributed by atoms with van der Waals surface area (Å²) in [5.41, 5.74) is 1.19. The van der Waals surface area contributed by atoms with Gasteiger partial charge in [0.1, 0.15) is 5.60 Å². The van der Waals surface area contributed by atoms with Gasteiger partial charge in [0.2, 0.25) is 0 Å². The van der Waals surface area contributed by atoms with Crippen LogP contribution in [0, 0.1) is 0 Å². The van der Waals surface area contributed by atoms with Gasteiger partial charge in [-0.05, 0) is 20.8 Å². The van der Waals surface area contributed by atoms with E-state index in [9.17, 15) is 9.59 Å². The molecule has 0 aliphatic rings. The first-order valence-corrected chi connectivity index (χ1v) is 3.43. The zero-order valence-corrected chi connectivity index (χ0v) is 7.63. The van der Waals surface area contributed by atoms with Crippen LogP contribution in [0.2, 0.25) is 0 Å². The molecule has 0 aromatic heterocycles. The van der Waals surface area contributed by atoms with Crippen molar-refractivity contribution in [3.05, 3.63) is 0 Å². The van der Waals surface area contributed by atoms with Crippen molar-refractivity contribution in [2.24, 2.45) is 0 Å². The Labute approximate surface area is 71.0 Å². The number of hydrogen-bond donors (Lipinski definition) is 1. The minimum Gasteiger partial charge on any atom is -0.453 e. The largest absolute Gasteiger partial charge is 0.453 e. The van der Waals surface area contributed by atoms with Gasteiger partial charge < -0.3 is 4.74 Å². The predicted octanol–water partition coefficient (Wildman–Crippen LogP) is 0.00570. The Kier molecular flexibility index (Phi) is 3.69. The zero-order valence-electron chi connectivity index (χ0n) is 7.63. The van der Waals surface area contributed by atoms with E-state index in [0.717, 1.165) is 0 Å². The van der Waals surface area contributed by atoms with E-state index in [4.69, 9.17) is 4.74 Å². The van der Waals surface area contributed by atoms with Crippen molar-refractivity contribution >= 4 is 11.9 Å². The summed E-state index contributed by atoms with van der Waals surface area (Å²) in [6.07, 6.45) is 0. The summed E-state index contributed by atoms with van der Waals surface area (Å²) < 4.78 is 4.72. The number of esters is 1. The molecule has 0 atom stereocenters. The standard InChI is InChI=1S/C7H13NO4/c1-7(2,3)12-6(10)5(9)8-11-4/h1-4H3,(H,8,9). The van der Waals surface area contributed by atoms with E-state index in [1.54, 1.807) is 20.8 Å². The molecule has 0 aromatic rings. The molecule has 0 aromatic carbocycles. The van der Waals surface area contributed by atoms with E-state index in [0.29, 0.717) is 0 Å². The lowest BCUT2D eigenvalue weighted by atomic mass is 10.2. The molecule has 1 N–H and O–H groups in total. The molecule has 5 nitrogen and oxygen atoms in total. The van der Waals surface area contributed by atoms with E-state index in [1.807, 2.05) is 5.48 Å². The monoisotopic (exact) mass is 175 g/mol. The quantitative estimate of drug-likeness (QED) is 0.346. The van der Waals surface area contributed by atoms with Gasteiger partial charge in [-0.3, -0.25) is 9.63 Å². The SMILES string of the molecule is CONC(=O)C(=O)OC(C)(C)C. The first-order chi connectivity index (χ1) is 5.37. The summed E-state index contributed by atoms with van der Waals surface area (Å²) in [7, 11) is 1.24. The molecule has 0 aliphatic heterocycles. The predicted molar refractivity (Wildman–Crippen MR) is 41.0 cm³/mol. The van der Waals surface area contributed by atoms with Crippen LogP contribution in [0.5, 0.6) is 0 Å². The number of ether oxygens (including phenoxy) is 1. The van der Waals surface area contributed by atoms with Crippen LogP contribution in [0.25, 0.3) is 0 Å². The fraction of sp³-hybridized carbons (Fsp3) is 0.714. The molecule has 0 saturated heterocycles. The summed E-state index contributed by atoms with van der Waals surface area (Å²) in [6.45, 7) is 5.01. The molecule has 0 unspecified atom stereocenters. The summed E-state index contributed by atoms with van der Waals surface area (Å²) in [5, 5.41) is 0. The lowest BCUT2D eigenvalue weighted by molar-refractivity contribution is -0.167. The Morgan fingerprint density at radius 3 is 2.08 bits per heavy atom.